The summed E-state index contributed by atoms with van der Waals surface area (Å²) in [6.07, 6.45) is 2.35. The number of hydrogen-bond donors (Lipinski definition) is 0. The van der Waals surface area contributed by atoms with Crippen molar-refractivity contribution in [1.29, 1.82) is 0 Å². The van der Waals surface area contributed by atoms with Crippen LogP contribution in [0.1, 0.15) is 19.3 Å². The molecule has 1 aliphatic rings. The van der Waals surface area contributed by atoms with Gasteiger partial charge in [0.25, 0.3) is 0 Å². The molecule has 1 atom stereocenters. The van der Waals surface area contributed by atoms with Gasteiger partial charge in [0.05, 0.1) is 6.61 Å². The monoisotopic (exact) mass is 491 g/mol. The lowest BCUT2D eigenvalue weighted by atomic mass is 10.3. The van der Waals surface area contributed by atoms with Crippen molar-refractivity contribution < 1.29 is 56.5 Å². The van der Waals surface area contributed by atoms with Gasteiger partial charge in [0, 0.05) is 19.4 Å². The third-order valence-corrected chi connectivity index (χ3v) is 5.92. The van der Waals surface area contributed by atoms with Gasteiger partial charge in [0.15, 0.2) is 10.2 Å². The van der Waals surface area contributed by atoms with Crippen molar-refractivity contribution in [2.75, 3.05) is 13.2 Å². The Hall–Kier alpha value is -1.03. The van der Waals surface area contributed by atoms with E-state index >= 15 is 0 Å². The molecule has 0 N–H and O–H groups in total. The van der Waals surface area contributed by atoms with Crippen LogP contribution in [0.4, 0.5) is 13.2 Å². The lowest BCUT2D eigenvalue weighted by Gasteiger charge is -2.08. The maximum absolute atomic E-state index is 12.2. The third-order valence-electron chi connectivity index (χ3n) is 2.94. The molecule has 138 valence electrons. The number of alkyl halides is 3. The maximum atomic E-state index is 12.2. The summed E-state index contributed by atoms with van der Waals surface area (Å²) in [5.41, 5.74) is -5.45. The maximum Gasteiger partial charge on any atom is 0.534 e. The molecule has 1 aromatic carbocycles. The molecule has 10 heteroatoms. The van der Waals surface area contributed by atoms with Crippen LogP contribution in [0.25, 0.3) is 0 Å². The Bertz CT molecular complexity index is 716. The summed E-state index contributed by atoms with van der Waals surface area (Å²) < 4.78 is 77.1. The van der Waals surface area contributed by atoms with E-state index in [1.807, 2.05) is 0 Å². The van der Waals surface area contributed by atoms with Gasteiger partial charge in [0.1, 0.15) is 5.75 Å². The molecule has 2 rings (SSSR count). The molecule has 0 aliphatic carbocycles. The number of ether oxygens (including phenoxy) is 2. The first-order chi connectivity index (χ1) is 11.8. The molecule has 25 heavy (non-hydrogen) atoms. The van der Waals surface area contributed by atoms with Crippen LogP contribution in [-0.2, 0) is 19.6 Å². The third kappa shape index (κ3) is 6.65. The van der Waals surface area contributed by atoms with Crippen molar-refractivity contribution in [2.24, 2.45) is 0 Å². The highest BCUT2D eigenvalue weighted by Gasteiger charge is 2.48. The smallest absolute Gasteiger partial charge is 0.376 e. The van der Waals surface area contributed by atoms with E-state index in [-0.39, 0.29) is 12.0 Å². The zero-order chi connectivity index (χ0) is 18.3. The minimum atomic E-state index is -5.64. The van der Waals surface area contributed by atoms with E-state index in [9.17, 15) is 21.6 Å². The predicted octanol–water partition coefficient (Wildman–Crippen LogP) is -0.322. The van der Waals surface area contributed by atoms with Gasteiger partial charge in [-0.05, 0) is 36.6 Å². The summed E-state index contributed by atoms with van der Waals surface area (Å²) in [6, 6.07) is 5.37. The summed E-state index contributed by atoms with van der Waals surface area (Å²) in [6.45, 7) is 1.22. The van der Waals surface area contributed by atoms with E-state index in [0.29, 0.717) is 13.0 Å². The summed E-state index contributed by atoms with van der Waals surface area (Å²) >= 11 is -0.647. The summed E-state index contributed by atoms with van der Waals surface area (Å²) in [4.78, 5) is 0. The van der Waals surface area contributed by atoms with Crippen molar-refractivity contribution in [1.82, 2.24) is 0 Å². The molecule has 1 fully saturated rings. The second-order valence-corrected chi connectivity index (χ2v) is 8.73. The first kappa shape index (κ1) is 20.3. The number of rotatable bonds is 6. The molecule has 0 bridgehead atoms. The molecule has 1 aromatic rings. The molecule has 0 saturated carbocycles. The normalized spacial score (nSPS) is 17.8. The highest BCUT2D eigenvalue weighted by molar-refractivity contribution is 7.87. The molecule has 0 radical (unpaired) electrons. The number of hydrogen-bond acceptors (Lipinski definition) is 5. The lowest BCUT2D eigenvalue weighted by molar-refractivity contribution is -0.535. The van der Waals surface area contributed by atoms with E-state index in [0.717, 1.165) is 23.0 Å². The Morgan fingerprint density at radius 1 is 1.28 bits per heavy atom. The predicted molar refractivity (Wildman–Crippen MR) is 78.1 cm³/mol. The van der Waals surface area contributed by atoms with Crippen LogP contribution in [-0.4, -0.2) is 33.4 Å². The van der Waals surface area contributed by atoms with Crippen molar-refractivity contribution in [3.8, 4) is 15.6 Å². The largest absolute Gasteiger partial charge is 0.534 e. The van der Waals surface area contributed by atoms with Crippen molar-refractivity contribution in [2.45, 2.75) is 31.1 Å². The zero-order valence-corrected chi connectivity index (χ0v) is 15.9. The molecule has 1 unspecified atom stereocenters. The van der Waals surface area contributed by atoms with Crippen LogP contribution < -0.4 is 25.4 Å². The van der Waals surface area contributed by atoms with Crippen LogP contribution in [0.2, 0.25) is 0 Å². The van der Waals surface area contributed by atoms with Crippen molar-refractivity contribution in [3.63, 3.8) is 0 Å². The molecule has 1 heterocycles. The van der Waals surface area contributed by atoms with E-state index in [1.54, 1.807) is 0 Å². The van der Waals surface area contributed by atoms with Gasteiger partial charge in [-0.15, -0.1) is 0 Å². The first-order valence-electron chi connectivity index (χ1n) is 7.24. The highest BCUT2D eigenvalue weighted by atomic mass is 127. The first-order valence-corrected chi connectivity index (χ1v) is 10.8. The average Bonchev–Trinajstić information content (AvgIpc) is 3.04. The fraction of sp³-hybridized carbons (Fsp3) is 0.467. The number of halogens is 4. The van der Waals surface area contributed by atoms with Crippen LogP contribution in [0.3, 0.4) is 0 Å². The Morgan fingerprint density at radius 2 is 2.00 bits per heavy atom. The average molecular weight is 491 g/mol. The van der Waals surface area contributed by atoms with Crippen LogP contribution in [0.5, 0.6) is 5.75 Å². The molecule has 0 aromatic heterocycles. The van der Waals surface area contributed by atoms with Gasteiger partial charge < -0.3 is 13.7 Å². The summed E-state index contributed by atoms with van der Waals surface area (Å²) in [5.74, 6) is 2.59. The van der Waals surface area contributed by atoms with Gasteiger partial charge in [-0.2, -0.15) is 21.6 Å². The molecular formula is C15H15F3IO5S+. The summed E-state index contributed by atoms with van der Waals surface area (Å²) in [7, 11) is -5.64. The van der Waals surface area contributed by atoms with E-state index < -0.39 is 36.8 Å². The standard InChI is InChI=1S/C15H15F3IO5S/c16-15(17,18)25(20,21)24-13-7-5-12(6-8-13)19-9-1-2-10-22-14-4-3-11-23-14/h5-8,14H,2-4,10-11H2/q+1. The Labute approximate surface area is 154 Å². The minimum Gasteiger partial charge on any atom is -0.376 e. The van der Waals surface area contributed by atoms with Crippen LogP contribution in [0, 0.1) is 13.4 Å². The fourth-order valence-corrected chi connectivity index (χ4v) is 3.73. The lowest BCUT2D eigenvalue weighted by Crippen LogP contribution is -3.59. The molecule has 1 saturated heterocycles. The SMILES string of the molecule is O=S(=O)(Oc1ccc([I+]C#CCCOC2CCCO2)cc1)C(F)(F)F. The molecular weight excluding hydrogens is 476 g/mol. The van der Waals surface area contributed by atoms with E-state index in [2.05, 4.69) is 14.0 Å². The zero-order valence-electron chi connectivity index (χ0n) is 12.9. The molecule has 1 aliphatic heterocycles. The van der Waals surface area contributed by atoms with E-state index in [4.69, 9.17) is 9.47 Å². The Morgan fingerprint density at radius 3 is 2.60 bits per heavy atom. The van der Waals surface area contributed by atoms with Crippen LogP contribution in [0.15, 0.2) is 24.3 Å². The van der Waals surface area contributed by atoms with E-state index in [1.165, 1.54) is 24.3 Å². The highest BCUT2D eigenvalue weighted by Crippen LogP contribution is 2.26. The van der Waals surface area contributed by atoms with Crippen molar-refractivity contribution in [3.05, 3.63) is 27.8 Å². The summed E-state index contributed by atoms with van der Waals surface area (Å²) in [5, 5.41) is 0. The Kier molecular flexibility index (Phi) is 7.36. The van der Waals surface area contributed by atoms with Gasteiger partial charge in [-0.1, -0.05) is 0 Å². The molecule has 5 nitrogen and oxygen atoms in total. The van der Waals surface area contributed by atoms with Gasteiger partial charge in [-0.25, -0.2) is 0 Å². The minimum absolute atomic E-state index is 0.128. The molecule has 0 spiro atoms. The molecule has 0 amide bonds. The number of benzene rings is 1. The topological polar surface area (TPSA) is 61.8 Å². The quantitative estimate of drug-likeness (QED) is 0.180. The Balaban J connectivity index is 1.76. The fourth-order valence-electron chi connectivity index (χ4n) is 1.78. The van der Waals surface area contributed by atoms with Gasteiger partial charge in [0.2, 0.25) is 3.57 Å². The second-order valence-electron chi connectivity index (χ2n) is 4.87. The van der Waals surface area contributed by atoms with Gasteiger partial charge in [-0.3, -0.25) is 0 Å². The van der Waals surface area contributed by atoms with Gasteiger partial charge >= 0.3 is 36.8 Å². The van der Waals surface area contributed by atoms with Crippen LogP contribution >= 0.6 is 0 Å². The van der Waals surface area contributed by atoms with Crippen molar-refractivity contribution >= 4 is 10.1 Å². The second kappa shape index (κ2) is 9.07.